The van der Waals surface area contributed by atoms with Gasteiger partial charge < -0.3 is 15.6 Å². The number of carbonyl (C=O) groups is 2. The summed E-state index contributed by atoms with van der Waals surface area (Å²) < 4.78 is 0. The highest BCUT2D eigenvalue weighted by Crippen LogP contribution is 2.30. The predicted molar refractivity (Wildman–Crippen MR) is 96.9 cm³/mol. The van der Waals surface area contributed by atoms with Crippen LogP contribution in [0.3, 0.4) is 0 Å². The van der Waals surface area contributed by atoms with Gasteiger partial charge in [0.05, 0.1) is 17.6 Å². The third-order valence-electron chi connectivity index (χ3n) is 5.34. The molecule has 0 aliphatic heterocycles. The molecule has 1 fully saturated rings. The fourth-order valence-corrected chi connectivity index (χ4v) is 3.69. The van der Waals surface area contributed by atoms with Crippen molar-refractivity contribution >= 4 is 22.8 Å². The van der Waals surface area contributed by atoms with Crippen LogP contribution in [0, 0.1) is 25.7 Å². The number of hydrogen-bond donors (Lipinski definition) is 3. The first-order valence-electron chi connectivity index (χ1n) is 8.95. The summed E-state index contributed by atoms with van der Waals surface area (Å²) in [6.45, 7) is 4.46. The summed E-state index contributed by atoms with van der Waals surface area (Å²) in [4.78, 5) is 32.5. The number of aryl methyl sites for hydroxylation is 2. The number of nitrogens with zero attached hydrogens (tertiary/aromatic N) is 1. The standard InChI is InChI=1S/C19H26N4O2/c1-11-8-9-15-17(12(11)2)23-16(22-15)10-21-19(25)14-7-5-4-6-13(14)18(24)20-3/h8-9,13-14H,4-7,10H2,1-3H3,(H,20,24)(H,21,25)(H,22,23)/t13-,14+/m1/s1. The van der Waals surface area contributed by atoms with E-state index < -0.39 is 0 Å². The Balaban J connectivity index is 1.69. The summed E-state index contributed by atoms with van der Waals surface area (Å²) in [6, 6.07) is 4.08. The van der Waals surface area contributed by atoms with Gasteiger partial charge in [-0.05, 0) is 43.9 Å². The highest BCUT2D eigenvalue weighted by molar-refractivity contribution is 5.87. The van der Waals surface area contributed by atoms with Gasteiger partial charge in [-0.25, -0.2) is 4.98 Å². The maximum atomic E-state index is 12.6. The van der Waals surface area contributed by atoms with Gasteiger partial charge >= 0.3 is 0 Å². The zero-order valence-electron chi connectivity index (χ0n) is 15.1. The molecule has 1 aromatic carbocycles. The molecule has 0 spiro atoms. The van der Waals surface area contributed by atoms with Crippen molar-refractivity contribution < 1.29 is 9.59 Å². The largest absolute Gasteiger partial charge is 0.359 e. The molecule has 134 valence electrons. The molecule has 2 atom stereocenters. The Morgan fingerprint density at radius 2 is 1.84 bits per heavy atom. The lowest BCUT2D eigenvalue weighted by Gasteiger charge is -2.29. The number of nitrogens with one attached hydrogen (secondary N) is 3. The number of carbonyl (C=O) groups excluding carboxylic acids is 2. The fourth-order valence-electron chi connectivity index (χ4n) is 3.69. The second-order valence-corrected chi connectivity index (χ2v) is 6.92. The van der Waals surface area contributed by atoms with Crippen LogP contribution in [0.15, 0.2) is 12.1 Å². The van der Waals surface area contributed by atoms with Crippen LogP contribution in [-0.2, 0) is 16.1 Å². The first kappa shape index (κ1) is 17.5. The van der Waals surface area contributed by atoms with Crippen LogP contribution in [0.2, 0.25) is 0 Å². The predicted octanol–water partition coefficient (Wildman–Crippen LogP) is 2.35. The number of hydrogen-bond acceptors (Lipinski definition) is 3. The molecule has 3 rings (SSSR count). The Bertz CT molecular complexity index is 796. The quantitative estimate of drug-likeness (QED) is 0.797. The number of rotatable bonds is 4. The smallest absolute Gasteiger partial charge is 0.224 e. The van der Waals surface area contributed by atoms with Crippen molar-refractivity contribution in [3.63, 3.8) is 0 Å². The van der Waals surface area contributed by atoms with Crippen LogP contribution in [0.25, 0.3) is 11.0 Å². The average Bonchev–Trinajstić information content (AvgIpc) is 3.06. The molecule has 0 unspecified atom stereocenters. The lowest BCUT2D eigenvalue weighted by atomic mass is 9.78. The van der Waals surface area contributed by atoms with E-state index in [9.17, 15) is 9.59 Å². The second-order valence-electron chi connectivity index (χ2n) is 6.92. The van der Waals surface area contributed by atoms with Crippen LogP contribution in [0.5, 0.6) is 0 Å². The Kier molecular flexibility index (Phi) is 5.06. The van der Waals surface area contributed by atoms with Gasteiger partial charge in [0.2, 0.25) is 11.8 Å². The molecule has 1 saturated carbocycles. The van der Waals surface area contributed by atoms with Gasteiger partial charge in [-0.2, -0.15) is 0 Å². The summed E-state index contributed by atoms with van der Waals surface area (Å²) >= 11 is 0. The van der Waals surface area contributed by atoms with Gasteiger partial charge in [-0.15, -0.1) is 0 Å². The summed E-state index contributed by atoms with van der Waals surface area (Å²) in [5, 5.41) is 5.65. The topological polar surface area (TPSA) is 86.9 Å². The third-order valence-corrected chi connectivity index (χ3v) is 5.34. The number of benzene rings is 1. The molecule has 1 aliphatic rings. The summed E-state index contributed by atoms with van der Waals surface area (Å²) in [6.07, 6.45) is 3.54. The van der Waals surface area contributed by atoms with Crippen molar-refractivity contribution in [3.05, 3.63) is 29.1 Å². The monoisotopic (exact) mass is 342 g/mol. The zero-order valence-corrected chi connectivity index (χ0v) is 15.1. The van der Waals surface area contributed by atoms with Gasteiger partial charge in [-0.3, -0.25) is 9.59 Å². The molecule has 1 aromatic heterocycles. The van der Waals surface area contributed by atoms with Crippen molar-refractivity contribution in [3.8, 4) is 0 Å². The van der Waals surface area contributed by atoms with Crippen LogP contribution in [0.1, 0.15) is 42.6 Å². The SMILES string of the molecule is CNC(=O)[C@@H]1CCCC[C@@H]1C(=O)NCc1nc2c(C)c(C)ccc2[nH]1. The zero-order chi connectivity index (χ0) is 18.0. The Hall–Kier alpha value is -2.37. The summed E-state index contributed by atoms with van der Waals surface area (Å²) in [5.74, 6) is 0.182. The van der Waals surface area contributed by atoms with E-state index >= 15 is 0 Å². The number of aromatic amines is 1. The minimum absolute atomic E-state index is 0.0327. The molecule has 2 aromatic rings. The average molecular weight is 342 g/mol. The van der Waals surface area contributed by atoms with Gasteiger partial charge in [0.15, 0.2) is 0 Å². The maximum Gasteiger partial charge on any atom is 0.224 e. The van der Waals surface area contributed by atoms with Gasteiger partial charge in [-0.1, -0.05) is 18.9 Å². The highest BCUT2D eigenvalue weighted by Gasteiger charge is 2.35. The van der Waals surface area contributed by atoms with Gasteiger partial charge in [0.1, 0.15) is 5.82 Å². The molecule has 2 amide bonds. The first-order valence-corrected chi connectivity index (χ1v) is 8.95. The highest BCUT2D eigenvalue weighted by atomic mass is 16.2. The molecule has 6 nitrogen and oxygen atoms in total. The maximum absolute atomic E-state index is 12.6. The van der Waals surface area contributed by atoms with Crippen molar-refractivity contribution in [2.24, 2.45) is 11.8 Å². The van der Waals surface area contributed by atoms with E-state index in [2.05, 4.69) is 40.5 Å². The minimum atomic E-state index is -0.248. The molecule has 1 heterocycles. The molecule has 25 heavy (non-hydrogen) atoms. The number of fused-ring (bicyclic) bond motifs is 1. The Morgan fingerprint density at radius 3 is 2.52 bits per heavy atom. The normalized spacial score (nSPS) is 20.4. The second kappa shape index (κ2) is 7.25. The Morgan fingerprint density at radius 1 is 1.16 bits per heavy atom. The fraction of sp³-hybridized carbons (Fsp3) is 0.526. The lowest BCUT2D eigenvalue weighted by molar-refractivity contribution is -0.136. The molecular formula is C19H26N4O2. The summed E-state index contributed by atoms with van der Waals surface area (Å²) in [5.41, 5.74) is 4.28. The van der Waals surface area contributed by atoms with E-state index in [-0.39, 0.29) is 23.7 Å². The van der Waals surface area contributed by atoms with E-state index in [0.29, 0.717) is 6.54 Å². The van der Waals surface area contributed by atoms with Gasteiger partial charge in [0, 0.05) is 18.9 Å². The molecule has 0 bridgehead atoms. The van der Waals surface area contributed by atoms with Crippen LogP contribution in [0.4, 0.5) is 0 Å². The van der Waals surface area contributed by atoms with E-state index in [1.165, 1.54) is 5.56 Å². The van der Waals surface area contributed by atoms with E-state index in [0.717, 1.165) is 48.1 Å². The minimum Gasteiger partial charge on any atom is -0.359 e. The van der Waals surface area contributed by atoms with Crippen LogP contribution >= 0.6 is 0 Å². The van der Waals surface area contributed by atoms with Crippen molar-refractivity contribution in [2.75, 3.05) is 7.05 Å². The molecule has 1 aliphatic carbocycles. The third kappa shape index (κ3) is 3.52. The van der Waals surface area contributed by atoms with Gasteiger partial charge in [0.25, 0.3) is 0 Å². The molecule has 6 heteroatoms. The first-order chi connectivity index (χ1) is 12.0. The van der Waals surface area contributed by atoms with Crippen molar-refractivity contribution in [1.82, 2.24) is 20.6 Å². The Labute approximate surface area is 147 Å². The van der Waals surface area contributed by atoms with Crippen LogP contribution in [-0.4, -0.2) is 28.8 Å². The van der Waals surface area contributed by atoms with Crippen molar-refractivity contribution in [2.45, 2.75) is 46.1 Å². The van der Waals surface area contributed by atoms with Crippen molar-refractivity contribution in [1.29, 1.82) is 0 Å². The van der Waals surface area contributed by atoms with E-state index in [4.69, 9.17) is 0 Å². The molecular weight excluding hydrogens is 316 g/mol. The number of H-pyrrole nitrogens is 1. The van der Waals surface area contributed by atoms with E-state index in [1.54, 1.807) is 7.05 Å². The number of imidazole rings is 1. The molecule has 0 saturated heterocycles. The number of amides is 2. The van der Waals surface area contributed by atoms with Crippen LogP contribution < -0.4 is 10.6 Å². The molecule has 3 N–H and O–H groups in total. The summed E-state index contributed by atoms with van der Waals surface area (Å²) in [7, 11) is 1.63. The van der Waals surface area contributed by atoms with E-state index in [1.807, 2.05) is 6.07 Å². The number of aromatic nitrogens is 2. The molecule has 0 radical (unpaired) electrons. The lowest BCUT2D eigenvalue weighted by Crippen LogP contribution is -2.42.